The first kappa shape index (κ1) is 12.9. The first-order valence-corrected chi connectivity index (χ1v) is 5.15. The van der Waals surface area contributed by atoms with E-state index in [0.29, 0.717) is 0 Å². The van der Waals surface area contributed by atoms with E-state index >= 15 is 0 Å². The smallest absolute Gasteiger partial charge is 0.278 e. The van der Waals surface area contributed by atoms with E-state index in [1.54, 1.807) is 0 Å². The monoisotopic (exact) mass is 270 g/mol. The van der Waals surface area contributed by atoms with Crippen molar-refractivity contribution < 1.29 is 23.2 Å². The lowest BCUT2D eigenvalue weighted by atomic mass is 9.99. The van der Waals surface area contributed by atoms with Crippen molar-refractivity contribution in [2.75, 3.05) is 0 Å². The van der Waals surface area contributed by atoms with Gasteiger partial charge >= 0.3 is 0 Å². The second kappa shape index (κ2) is 4.63. The summed E-state index contributed by atoms with van der Waals surface area (Å²) in [5.74, 6) is -0.983. The number of fused-ring (bicyclic) bond motifs is 1. The number of primary amides is 1. The molecule has 8 heteroatoms. The van der Waals surface area contributed by atoms with E-state index in [1.807, 2.05) is 0 Å². The molecule has 1 unspecified atom stereocenters. The molecule has 1 heterocycles. The maximum absolute atomic E-state index is 12.6. The van der Waals surface area contributed by atoms with Gasteiger partial charge in [-0.1, -0.05) is 0 Å². The average molecular weight is 270 g/mol. The number of alkyl halides is 2. The second-order valence-electron chi connectivity index (χ2n) is 3.80. The molecule has 0 saturated carbocycles. The third-order valence-corrected chi connectivity index (χ3v) is 2.57. The van der Waals surface area contributed by atoms with Crippen molar-refractivity contribution in [2.45, 2.75) is 12.5 Å². The summed E-state index contributed by atoms with van der Waals surface area (Å²) >= 11 is 0. The number of hydrogen-bond acceptors (Lipinski definition) is 4. The lowest BCUT2D eigenvalue weighted by Gasteiger charge is -2.23. The molecule has 19 heavy (non-hydrogen) atoms. The van der Waals surface area contributed by atoms with Crippen LogP contribution in [0.15, 0.2) is 24.3 Å². The van der Waals surface area contributed by atoms with Crippen molar-refractivity contribution in [1.82, 2.24) is 0 Å². The number of nitrogens with zero attached hydrogens (tertiary/aromatic N) is 1. The average Bonchev–Trinajstić information content (AvgIpc) is 2.36. The van der Waals surface area contributed by atoms with Crippen LogP contribution in [0.25, 0.3) is 5.57 Å². The van der Waals surface area contributed by atoms with Crippen molar-refractivity contribution in [1.29, 1.82) is 0 Å². The van der Waals surface area contributed by atoms with Gasteiger partial charge in [0.2, 0.25) is 5.91 Å². The number of carbonyl (C=O) groups excluding carboxylic acids is 1. The van der Waals surface area contributed by atoms with Gasteiger partial charge in [-0.2, -0.15) is 0 Å². The number of halogens is 2. The molecule has 1 aliphatic rings. The molecular formula is C11H8F2N2O4. The number of non-ortho nitro benzene ring substituents is 1. The summed E-state index contributed by atoms with van der Waals surface area (Å²) in [7, 11) is 0. The largest absolute Gasteiger partial charge is 0.480 e. The van der Waals surface area contributed by atoms with E-state index in [2.05, 4.69) is 0 Å². The fourth-order valence-electron chi connectivity index (χ4n) is 1.72. The van der Waals surface area contributed by atoms with Crippen LogP contribution in [-0.2, 0) is 4.79 Å². The van der Waals surface area contributed by atoms with Crippen molar-refractivity contribution in [3.8, 4) is 5.75 Å². The van der Waals surface area contributed by atoms with Crippen LogP contribution in [0.4, 0.5) is 14.5 Å². The zero-order chi connectivity index (χ0) is 14.2. The summed E-state index contributed by atoms with van der Waals surface area (Å²) in [6.07, 6.45) is -3.56. The number of nitro groups is 1. The summed E-state index contributed by atoms with van der Waals surface area (Å²) in [4.78, 5) is 21.2. The standard InChI is InChI=1S/C11H8F2N2O4/c12-10(13)9-4-7(11(14)16)6-3-5(15(17)18)1-2-8(6)19-9/h1-4,9-10H,(H2,14,16). The maximum atomic E-state index is 12.6. The molecule has 1 aliphatic heterocycles. The molecule has 2 rings (SSSR count). The molecule has 1 aromatic rings. The van der Waals surface area contributed by atoms with Gasteiger partial charge in [-0.15, -0.1) is 0 Å². The van der Waals surface area contributed by atoms with Gasteiger partial charge in [-0.05, 0) is 12.1 Å². The zero-order valence-corrected chi connectivity index (χ0v) is 9.38. The van der Waals surface area contributed by atoms with Gasteiger partial charge in [-0.25, -0.2) is 8.78 Å². The summed E-state index contributed by atoms with van der Waals surface area (Å²) in [6, 6.07) is 3.33. The lowest BCUT2D eigenvalue weighted by molar-refractivity contribution is -0.384. The second-order valence-corrected chi connectivity index (χ2v) is 3.80. The summed E-state index contributed by atoms with van der Waals surface area (Å²) in [6.45, 7) is 0. The molecule has 1 amide bonds. The van der Waals surface area contributed by atoms with Gasteiger partial charge in [0.15, 0.2) is 6.10 Å². The first-order valence-electron chi connectivity index (χ1n) is 5.15. The van der Waals surface area contributed by atoms with E-state index in [9.17, 15) is 23.7 Å². The van der Waals surface area contributed by atoms with Gasteiger partial charge < -0.3 is 10.5 Å². The normalized spacial score (nSPS) is 17.4. The molecule has 0 aliphatic carbocycles. The van der Waals surface area contributed by atoms with Crippen LogP contribution in [0.2, 0.25) is 0 Å². The van der Waals surface area contributed by atoms with Crippen LogP contribution < -0.4 is 10.5 Å². The SMILES string of the molecule is NC(=O)C1=CC(C(F)F)Oc2ccc([N+](=O)[O-])cc21. The minimum Gasteiger partial charge on any atom is -0.480 e. The van der Waals surface area contributed by atoms with Crippen LogP contribution >= 0.6 is 0 Å². The lowest BCUT2D eigenvalue weighted by Crippen LogP contribution is -2.29. The molecule has 0 fully saturated rings. The number of hydrogen-bond donors (Lipinski definition) is 1. The molecule has 0 bridgehead atoms. The van der Waals surface area contributed by atoms with Gasteiger partial charge in [0, 0.05) is 17.7 Å². The van der Waals surface area contributed by atoms with Crippen molar-refractivity contribution in [2.24, 2.45) is 5.73 Å². The Balaban J connectivity index is 2.55. The molecular weight excluding hydrogens is 262 g/mol. The van der Waals surface area contributed by atoms with Gasteiger partial charge in [0.25, 0.3) is 12.1 Å². The summed E-state index contributed by atoms with van der Waals surface area (Å²) in [5, 5.41) is 10.6. The molecule has 1 aromatic carbocycles. The van der Waals surface area contributed by atoms with Crippen LogP contribution in [0, 0.1) is 10.1 Å². The fourth-order valence-corrected chi connectivity index (χ4v) is 1.72. The van der Waals surface area contributed by atoms with Gasteiger partial charge in [-0.3, -0.25) is 14.9 Å². The highest BCUT2D eigenvalue weighted by Gasteiger charge is 2.30. The Morgan fingerprint density at radius 1 is 1.47 bits per heavy atom. The van der Waals surface area contributed by atoms with E-state index in [4.69, 9.17) is 10.5 Å². The van der Waals surface area contributed by atoms with Gasteiger partial charge in [0.1, 0.15) is 5.75 Å². The van der Waals surface area contributed by atoms with Crippen LogP contribution in [-0.4, -0.2) is 23.4 Å². The zero-order valence-electron chi connectivity index (χ0n) is 9.38. The van der Waals surface area contributed by atoms with E-state index in [-0.39, 0.29) is 22.6 Å². The van der Waals surface area contributed by atoms with E-state index in [0.717, 1.165) is 18.2 Å². The Labute approximate surface area is 105 Å². The highest BCUT2D eigenvalue weighted by atomic mass is 19.3. The van der Waals surface area contributed by atoms with Crippen molar-refractivity contribution in [3.05, 3.63) is 40.0 Å². The van der Waals surface area contributed by atoms with Gasteiger partial charge in [0.05, 0.1) is 10.5 Å². The number of nitro benzene ring substituents is 1. The van der Waals surface area contributed by atoms with Crippen molar-refractivity contribution in [3.63, 3.8) is 0 Å². The fraction of sp³-hybridized carbons (Fsp3) is 0.182. The number of benzene rings is 1. The number of carbonyl (C=O) groups is 1. The molecule has 100 valence electrons. The Bertz CT molecular complexity index is 586. The highest BCUT2D eigenvalue weighted by molar-refractivity contribution is 6.20. The molecule has 0 saturated heterocycles. The van der Waals surface area contributed by atoms with Crippen LogP contribution in [0.3, 0.4) is 0 Å². The van der Waals surface area contributed by atoms with Crippen LogP contribution in [0.1, 0.15) is 5.56 Å². The van der Waals surface area contributed by atoms with Crippen LogP contribution in [0.5, 0.6) is 5.75 Å². The molecule has 0 radical (unpaired) electrons. The number of ether oxygens (including phenoxy) is 1. The maximum Gasteiger partial charge on any atom is 0.278 e. The molecule has 0 aromatic heterocycles. The topological polar surface area (TPSA) is 95.5 Å². The minimum atomic E-state index is -2.84. The highest BCUT2D eigenvalue weighted by Crippen LogP contribution is 2.35. The number of nitrogens with two attached hydrogens (primary N) is 1. The molecule has 2 N–H and O–H groups in total. The predicted molar refractivity (Wildman–Crippen MR) is 60.7 cm³/mol. The number of rotatable bonds is 3. The predicted octanol–water partition coefficient (Wildman–Crippen LogP) is 1.49. The molecule has 0 spiro atoms. The van der Waals surface area contributed by atoms with E-state index in [1.165, 1.54) is 6.07 Å². The Kier molecular flexibility index (Phi) is 3.16. The summed E-state index contributed by atoms with van der Waals surface area (Å²) in [5.41, 5.74) is 4.63. The molecule has 1 atom stereocenters. The minimum absolute atomic E-state index is 0.0350. The number of amides is 1. The Morgan fingerprint density at radius 3 is 2.68 bits per heavy atom. The first-order chi connectivity index (χ1) is 8.90. The Hall–Kier alpha value is -2.51. The third kappa shape index (κ3) is 2.37. The van der Waals surface area contributed by atoms with Crippen molar-refractivity contribution >= 4 is 17.2 Å². The summed E-state index contributed by atoms with van der Waals surface area (Å²) < 4.78 is 30.2. The quantitative estimate of drug-likeness (QED) is 0.664. The van der Waals surface area contributed by atoms with E-state index < -0.39 is 23.4 Å². The third-order valence-electron chi connectivity index (χ3n) is 2.57. The Morgan fingerprint density at radius 2 is 2.16 bits per heavy atom. The molecule has 6 nitrogen and oxygen atoms in total.